The van der Waals surface area contributed by atoms with Crippen molar-refractivity contribution in [2.75, 3.05) is 19.6 Å². The molecule has 0 saturated carbocycles. The first kappa shape index (κ1) is 18.5. The van der Waals surface area contributed by atoms with Crippen molar-refractivity contribution in [3.63, 3.8) is 0 Å². The SMILES string of the molecule is C[C@H]1CCCN(C(=O)CN2C(=O)N[C@](C)(c3ccc4ccccc4c3)C2=O)C1. The molecule has 2 aliphatic heterocycles. The van der Waals surface area contributed by atoms with Gasteiger partial charge in [-0.1, -0.05) is 43.3 Å². The van der Waals surface area contributed by atoms with E-state index < -0.39 is 11.6 Å². The lowest BCUT2D eigenvalue weighted by Gasteiger charge is -2.31. The highest BCUT2D eigenvalue weighted by atomic mass is 16.2. The maximum absolute atomic E-state index is 13.1. The van der Waals surface area contributed by atoms with Crippen LogP contribution in [0.3, 0.4) is 0 Å². The number of amides is 4. The smallest absolute Gasteiger partial charge is 0.325 e. The van der Waals surface area contributed by atoms with E-state index in [0.717, 1.165) is 28.5 Å². The Kier molecular flexibility index (Phi) is 4.57. The number of imide groups is 1. The van der Waals surface area contributed by atoms with E-state index >= 15 is 0 Å². The molecule has 2 saturated heterocycles. The number of urea groups is 1. The number of nitrogens with one attached hydrogen (secondary N) is 1. The van der Waals surface area contributed by atoms with Crippen LogP contribution in [0, 0.1) is 5.92 Å². The van der Waals surface area contributed by atoms with Crippen molar-refractivity contribution in [3.05, 3.63) is 48.0 Å². The Balaban J connectivity index is 1.56. The normalized spacial score (nSPS) is 25.3. The minimum absolute atomic E-state index is 0.169. The summed E-state index contributed by atoms with van der Waals surface area (Å²) < 4.78 is 0. The highest BCUT2D eigenvalue weighted by Crippen LogP contribution is 2.31. The van der Waals surface area contributed by atoms with Crippen LogP contribution in [0.2, 0.25) is 0 Å². The van der Waals surface area contributed by atoms with E-state index in [9.17, 15) is 14.4 Å². The molecule has 1 N–H and O–H groups in total. The molecule has 6 heteroatoms. The molecule has 0 spiro atoms. The van der Waals surface area contributed by atoms with Gasteiger partial charge in [0.1, 0.15) is 12.1 Å². The average Bonchev–Trinajstić information content (AvgIpc) is 2.91. The monoisotopic (exact) mass is 379 g/mol. The van der Waals surface area contributed by atoms with Gasteiger partial charge in [-0.15, -0.1) is 0 Å². The predicted octanol–water partition coefficient (Wildman–Crippen LogP) is 2.87. The summed E-state index contributed by atoms with van der Waals surface area (Å²) in [4.78, 5) is 41.2. The minimum Gasteiger partial charge on any atom is -0.341 e. The molecule has 2 aromatic carbocycles. The highest BCUT2D eigenvalue weighted by Gasteiger charge is 2.49. The van der Waals surface area contributed by atoms with Crippen LogP contribution in [0.4, 0.5) is 4.79 Å². The molecule has 4 rings (SSSR count). The first-order valence-corrected chi connectivity index (χ1v) is 9.79. The standard InChI is InChI=1S/C22H25N3O3/c1-15-6-5-11-24(13-15)19(26)14-25-20(27)22(2,23-21(25)28)18-10-9-16-7-3-4-8-17(16)12-18/h3-4,7-10,12,15H,5-6,11,13-14H2,1-2H3,(H,23,28)/t15-,22+/m0/s1. The van der Waals surface area contributed by atoms with Gasteiger partial charge in [0.25, 0.3) is 5.91 Å². The zero-order valence-corrected chi connectivity index (χ0v) is 16.3. The number of piperidine rings is 1. The van der Waals surface area contributed by atoms with Crippen molar-refractivity contribution in [1.29, 1.82) is 0 Å². The van der Waals surface area contributed by atoms with Gasteiger partial charge < -0.3 is 10.2 Å². The Bertz CT molecular complexity index is 957. The molecule has 2 fully saturated rings. The molecule has 4 amide bonds. The molecule has 2 atom stereocenters. The molecule has 0 aromatic heterocycles. The zero-order chi connectivity index (χ0) is 19.9. The quantitative estimate of drug-likeness (QED) is 0.834. The molecule has 2 aliphatic rings. The van der Waals surface area contributed by atoms with Gasteiger partial charge in [-0.2, -0.15) is 0 Å². The average molecular weight is 379 g/mol. The Morgan fingerprint density at radius 2 is 1.93 bits per heavy atom. The summed E-state index contributed by atoms with van der Waals surface area (Å²) in [5.41, 5.74) is -0.456. The number of likely N-dealkylation sites (tertiary alicyclic amines) is 1. The Hall–Kier alpha value is -2.89. The third-order valence-corrected chi connectivity index (χ3v) is 5.90. The summed E-state index contributed by atoms with van der Waals surface area (Å²) >= 11 is 0. The summed E-state index contributed by atoms with van der Waals surface area (Å²) in [5, 5.41) is 4.86. The lowest BCUT2D eigenvalue weighted by Crippen LogP contribution is -2.47. The Morgan fingerprint density at radius 3 is 2.68 bits per heavy atom. The Labute approximate surface area is 164 Å². The second-order valence-electron chi connectivity index (χ2n) is 8.10. The van der Waals surface area contributed by atoms with Gasteiger partial charge >= 0.3 is 6.03 Å². The van der Waals surface area contributed by atoms with Crippen LogP contribution in [-0.4, -0.2) is 47.3 Å². The van der Waals surface area contributed by atoms with Crippen molar-refractivity contribution >= 4 is 28.6 Å². The van der Waals surface area contributed by atoms with Gasteiger partial charge in [0.05, 0.1) is 0 Å². The van der Waals surface area contributed by atoms with E-state index in [0.29, 0.717) is 24.6 Å². The van der Waals surface area contributed by atoms with E-state index in [1.54, 1.807) is 11.8 Å². The van der Waals surface area contributed by atoms with E-state index in [4.69, 9.17) is 0 Å². The number of hydrogen-bond donors (Lipinski definition) is 1. The van der Waals surface area contributed by atoms with Crippen molar-refractivity contribution in [2.45, 2.75) is 32.2 Å². The number of fused-ring (bicyclic) bond motifs is 1. The molecule has 2 aromatic rings. The molecule has 146 valence electrons. The van der Waals surface area contributed by atoms with Crippen LogP contribution in [0.25, 0.3) is 10.8 Å². The molecular formula is C22H25N3O3. The van der Waals surface area contributed by atoms with Gasteiger partial charge in [0.2, 0.25) is 5.91 Å². The van der Waals surface area contributed by atoms with Crippen molar-refractivity contribution in [1.82, 2.24) is 15.1 Å². The summed E-state index contributed by atoms with van der Waals surface area (Å²) in [6.45, 7) is 4.98. The van der Waals surface area contributed by atoms with E-state index in [1.165, 1.54) is 0 Å². The van der Waals surface area contributed by atoms with Crippen LogP contribution >= 0.6 is 0 Å². The third kappa shape index (κ3) is 3.13. The topological polar surface area (TPSA) is 69.7 Å². The zero-order valence-electron chi connectivity index (χ0n) is 16.3. The van der Waals surface area contributed by atoms with Crippen molar-refractivity contribution in [3.8, 4) is 0 Å². The fourth-order valence-electron chi connectivity index (χ4n) is 4.19. The van der Waals surface area contributed by atoms with Gasteiger partial charge in [0, 0.05) is 13.1 Å². The maximum atomic E-state index is 13.1. The summed E-state index contributed by atoms with van der Waals surface area (Å²) in [7, 11) is 0. The fourth-order valence-corrected chi connectivity index (χ4v) is 4.19. The minimum atomic E-state index is -1.17. The first-order chi connectivity index (χ1) is 13.4. The number of carbonyl (C=O) groups excluding carboxylic acids is 3. The van der Waals surface area contributed by atoms with Crippen LogP contribution in [0.1, 0.15) is 32.3 Å². The van der Waals surface area contributed by atoms with E-state index in [2.05, 4.69) is 12.2 Å². The van der Waals surface area contributed by atoms with Crippen LogP contribution in [0.5, 0.6) is 0 Å². The van der Waals surface area contributed by atoms with Crippen molar-refractivity contribution < 1.29 is 14.4 Å². The van der Waals surface area contributed by atoms with E-state index in [1.807, 2.05) is 42.5 Å². The highest BCUT2D eigenvalue weighted by molar-refractivity contribution is 6.09. The van der Waals surface area contributed by atoms with Gasteiger partial charge in [-0.05, 0) is 48.1 Å². The van der Waals surface area contributed by atoms with Gasteiger partial charge in [0.15, 0.2) is 0 Å². The number of rotatable bonds is 3. The lowest BCUT2D eigenvalue weighted by molar-refractivity contribution is -0.139. The summed E-state index contributed by atoms with van der Waals surface area (Å²) in [5.74, 6) is -0.104. The van der Waals surface area contributed by atoms with Crippen LogP contribution < -0.4 is 5.32 Å². The van der Waals surface area contributed by atoms with Gasteiger partial charge in [-0.3, -0.25) is 14.5 Å². The number of nitrogens with zero attached hydrogens (tertiary/aromatic N) is 2. The molecule has 6 nitrogen and oxygen atoms in total. The van der Waals surface area contributed by atoms with Crippen LogP contribution in [0.15, 0.2) is 42.5 Å². The molecule has 0 unspecified atom stereocenters. The number of carbonyl (C=O) groups is 3. The van der Waals surface area contributed by atoms with Crippen molar-refractivity contribution in [2.24, 2.45) is 5.92 Å². The summed E-state index contributed by atoms with van der Waals surface area (Å²) in [6, 6.07) is 13.1. The molecule has 0 bridgehead atoms. The van der Waals surface area contributed by atoms with E-state index in [-0.39, 0.29) is 18.4 Å². The molecule has 2 heterocycles. The second kappa shape index (κ2) is 6.93. The molecule has 28 heavy (non-hydrogen) atoms. The molecular weight excluding hydrogens is 354 g/mol. The largest absolute Gasteiger partial charge is 0.341 e. The first-order valence-electron chi connectivity index (χ1n) is 9.79. The maximum Gasteiger partial charge on any atom is 0.325 e. The van der Waals surface area contributed by atoms with Gasteiger partial charge in [-0.25, -0.2) is 4.79 Å². The third-order valence-electron chi connectivity index (χ3n) is 5.90. The Morgan fingerprint density at radius 1 is 1.18 bits per heavy atom. The second-order valence-corrected chi connectivity index (χ2v) is 8.10. The molecule has 0 radical (unpaired) electrons. The predicted molar refractivity (Wildman–Crippen MR) is 107 cm³/mol. The lowest BCUT2D eigenvalue weighted by atomic mass is 9.90. The fraction of sp³-hybridized carbons (Fsp3) is 0.409. The molecule has 0 aliphatic carbocycles. The van der Waals surface area contributed by atoms with Crippen LogP contribution in [-0.2, 0) is 15.1 Å². The number of hydrogen-bond acceptors (Lipinski definition) is 3. The summed E-state index contributed by atoms with van der Waals surface area (Å²) in [6.07, 6.45) is 2.06. The number of benzene rings is 2.